The van der Waals surface area contributed by atoms with E-state index in [-0.39, 0.29) is 17.6 Å². The van der Waals surface area contributed by atoms with Gasteiger partial charge in [-0.1, -0.05) is 41.9 Å². The Bertz CT molecular complexity index is 457. The molecule has 1 N–H and O–H groups in total. The molecule has 1 fully saturated rings. The zero-order chi connectivity index (χ0) is 12.6. The summed E-state index contributed by atoms with van der Waals surface area (Å²) >= 11 is 3.56. The van der Waals surface area contributed by atoms with Gasteiger partial charge < -0.3 is 10.1 Å². The molecule has 1 aromatic rings. The van der Waals surface area contributed by atoms with E-state index in [2.05, 4.69) is 53.3 Å². The number of halogens is 1. The smallest absolute Gasteiger partial charge is 0.407 e. The van der Waals surface area contributed by atoms with Gasteiger partial charge in [-0.25, -0.2) is 4.79 Å². The molecular weight excluding hydrogens is 282 g/mol. The zero-order valence-electron chi connectivity index (χ0n) is 10.2. The van der Waals surface area contributed by atoms with Crippen molar-refractivity contribution in [3.63, 3.8) is 0 Å². The molecule has 1 aliphatic rings. The Kier molecular flexibility index (Phi) is 3.17. The maximum atomic E-state index is 11.4. The van der Waals surface area contributed by atoms with Crippen LogP contribution in [0, 0.1) is 12.3 Å². The number of hydrogen-bond donors (Lipinski definition) is 1. The highest BCUT2D eigenvalue weighted by Crippen LogP contribution is 2.39. The van der Waals surface area contributed by atoms with Crippen LogP contribution in [0.5, 0.6) is 0 Å². The standard InChI is InChI=1S/C13H16BrNO2/c1-8-4-5-9(10(14)6-8)11-13(2,3)7-17-12(16)15-11/h4-6,11H,7H2,1-3H3,(H,15,16)/t11-/m1/s1. The van der Waals surface area contributed by atoms with Crippen LogP contribution in [0.2, 0.25) is 0 Å². The molecule has 1 amide bonds. The first-order valence-corrected chi connectivity index (χ1v) is 6.39. The van der Waals surface area contributed by atoms with Gasteiger partial charge in [0, 0.05) is 9.89 Å². The monoisotopic (exact) mass is 297 g/mol. The summed E-state index contributed by atoms with van der Waals surface area (Å²) in [6.45, 7) is 6.65. The van der Waals surface area contributed by atoms with E-state index in [1.165, 1.54) is 5.56 Å². The van der Waals surface area contributed by atoms with Crippen molar-refractivity contribution < 1.29 is 9.53 Å². The average Bonchev–Trinajstić information content (AvgIpc) is 2.23. The maximum Gasteiger partial charge on any atom is 0.407 e. The van der Waals surface area contributed by atoms with E-state index in [1.54, 1.807) is 0 Å². The second kappa shape index (κ2) is 4.33. The lowest BCUT2D eigenvalue weighted by Crippen LogP contribution is -2.47. The van der Waals surface area contributed by atoms with Gasteiger partial charge in [0.2, 0.25) is 0 Å². The molecule has 1 aromatic carbocycles. The Balaban J connectivity index is 2.39. The molecule has 0 aliphatic carbocycles. The molecule has 17 heavy (non-hydrogen) atoms. The van der Waals surface area contributed by atoms with Crippen molar-refractivity contribution in [2.75, 3.05) is 6.61 Å². The van der Waals surface area contributed by atoms with E-state index >= 15 is 0 Å². The molecule has 1 heterocycles. The normalized spacial score (nSPS) is 22.8. The summed E-state index contributed by atoms with van der Waals surface area (Å²) < 4.78 is 6.07. The molecule has 0 radical (unpaired) electrons. The van der Waals surface area contributed by atoms with Gasteiger partial charge in [0.15, 0.2) is 0 Å². The molecule has 0 bridgehead atoms. The number of nitrogens with one attached hydrogen (secondary N) is 1. The highest BCUT2D eigenvalue weighted by atomic mass is 79.9. The van der Waals surface area contributed by atoms with Crippen LogP contribution in [0.15, 0.2) is 22.7 Å². The molecule has 1 atom stereocenters. The fraction of sp³-hybridized carbons (Fsp3) is 0.462. The van der Waals surface area contributed by atoms with Crippen LogP contribution in [-0.4, -0.2) is 12.7 Å². The highest BCUT2D eigenvalue weighted by Gasteiger charge is 2.38. The van der Waals surface area contributed by atoms with Gasteiger partial charge in [0.05, 0.1) is 6.04 Å². The number of carbonyl (C=O) groups excluding carboxylic acids is 1. The topological polar surface area (TPSA) is 38.3 Å². The van der Waals surface area contributed by atoms with E-state index < -0.39 is 0 Å². The molecule has 0 saturated carbocycles. The second-order valence-electron chi connectivity index (χ2n) is 5.17. The van der Waals surface area contributed by atoms with E-state index in [1.807, 2.05) is 6.92 Å². The van der Waals surface area contributed by atoms with Crippen molar-refractivity contribution in [2.24, 2.45) is 5.41 Å². The van der Waals surface area contributed by atoms with E-state index in [4.69, 9.17) is 4.74 Å². The number of cyclic esters (lactones) is 1. The molecule has 0 aromatic heterocycles. The number of benzene rings is 1. The SMILES string of the molecule is Cc1ccc([C@H]2NC(=O)OCC2(C)C)c(Br)c1. The molecule has 4 heteroatoms. The first kappa shape index (κ1) is 12.4. The summed E-state index contributed by atoms with van der Waals surface area (Å²) in [6, 6.07) is 6.14. The van der Waals surface area contributed by atoms with Gasteiger partial charge in [-0.2, -0.15) is 0 Å². The third kappa shape index (κ3) is 2.46. The Morgan fingerprint density at radius 1 is 1.47 bits per heavy atom. The van der Waals surface area contributed by atoms with Gasteiger partial charge in [-0.05, 0) is 24.1 Å². The van der Waals surface area contributed by atoms with Crippen molar-refractivity contribution >= 4 is 22.0 Å². The fourth-order valence-corrected chi connectivity index (χ4v) is 2.78. The maximum absolute atomic E-state index is 11.4. The van der Waals surface area contributed by atoms with Crippen LogP contribution in [0.4, 0.5) is 4.79 Å². The number of rotatable bonds is 1. The lowest BCUT2D eigenvalue weighted by atomic mass is 9.80. The summed E-state index contributed by atoms with van der Waals surface area (Å²) in [4.78, 5) is 11.4. The predicted molar refractivity (Wildman–Crippen MR) is 69.9 cm³/mol. The Morgan fingerprint density at radius 2 is 2.18 bits per heavy atom. The third-order valence-electron chi connectivity index (χ3n) is 3.09. The fourth-order valence-electron chi connectivity index (χ4n) is 2.05. The summed E-state index contributed by atoms with van der Waals surface area (Å²) in [6.07, 6.45) is -0.346. The summed E-state index contributed by atoms with van der Waals surface area (Å²) in [5.74, 6) is 0. The first-order chi connectivity index (χ1) is 7.90. The lowest BCUT2D eigenvalue weighted by Gasteiger charge is -2.39. The minimum Gasteiger partial charge on any atom is -0.449 e. The van der Waals surface area contributed by atoms with Crippen LogP contribution >= 0.6 is 15.9 Å². The van der Waals surface area contributed by atoms with Crippen LogP contribution in [-0.2, 0) is 4.74 Å². The molecule has 1 aliphatic heterocycles. The van der Waals surface area contributed by atoms with Crippen LogP contribution < -0.4 is 5.32 Å². The molecule has 0 unspecified atom stereocenters. The average molecular weight is 298 g/mol. The van der Waals surface area contributed by atoms with Crippen LogP contribution in [0.3, 0.4) is 0 Å². The van der Waals surface area contributed by atoms with Crippen molar-refractivity contribution in [1.82, 2.24) is 5.32 Å². The minimum absolute atomic E-state index is 0.0290. The van der Waals surface area contributed by atoms with Gasteiger partial charge >= 0.3 is 6.09 Å². The molecule has 2 rings (SSSR count). The summed E-state index contributed by atoms with van der Waals surface area (Å²) in [5, 5.41) is 2.89. The number of alkyl carbamates (subject to hydrolysis) is 1. The van der Waals surface area contributed by atoms with Crippen molar-refractivity contribution in [1.29, 1.82) is 0 Å². The minimum atomic E-state index is -0.346. The zero-order valence-corrected chi connectivity index (χ0v) is 11.8. The van der Waals surface area contributed by atoms with E-state index in [0.717, 1.165) is 10.0 Å². The molecule has 3 nitrogen and oxygen atoms in total. The van der Waals surface area contributed by atoms with Gasteiger partial charge in [0.1, 0.15) is 6.61 Å². The Morgan fingerprint density at radius 3 is 2.82 bits per heavy atom. The van der Waals surface area contributed by atoms with Crippen LogP contribution in [0.25, 0.3) is 0 Å². The molecular formula is C13H16BrNO2. The van der Waals surface area contributed by atoms with Crippen LogP contribution in [0.1, 0.15) is 31.0 Å². The Hall–Kier alpha value is -1.03. The van der Waals surface area contributed by atoms with Crippen molar-refractivity contribution in [3.8, 4) is 0 Å². The molecule has 92 valence electrons. The third-order valence-corrected chi connectivity index (χ3v) is 3.77. The number of aryl methyl sites for hydroxylation is 1. The van der Waals surface area contributed by atoms with E-state index in [9.17, 15) is 4.79 Å². The van der Waals surface area contributed by atoms with Gasteiger partial charge in [-0.3, -0.25) is 0 Å². The van der Waals surface area contributed by atoms with Gasteiger partial charge in [-0.15, -0.1) is 0 Å². The van der Waals surface area contributed by atoms with E-state index in [0.29, 0.717) is 6.61 Å². The predicted octanol–water partition coefficient (Wildman–Crippen LogP) is 3.56. The molecule has 1 saturated heterocycles. The largest absolute Gasteiger partial charge is 0.449 e. The quantitative estimate of drug-likeness (QED) is 0.861. The highest BCUT2D eigenvalue weighted by molar-refractivity contribution is 9.10. The first-order valence-electron chi connectivity index (χ1n) is 5.59. The number of hydrogen-bond acceptors (Lipinski definition) is 2. The number of ether oxygens (including phenoxy) is 1. The molecule has 0 spiro atoms. The summed E-state index contributed by atoms with van der Waals surface area (Å²) in [7, 11) is 0. The number of amides is 1. The van der Waals surface area contributed by atoms with Crippen molar-refractivity contribution in [3.05, 3.63) is 33.8 Å². The summed E-state index contributed by atoms with van der Waals surface area (Å²) in [5.41, 5.74) is 2.17. The lowest BCUT2D eigenvalue weighted by molar-refractivity contribution is 0.0385. The Labute approximate surface area is 110 Å². The second-order valence-corrected chi connectivity index (χ2v) is 6.02. The number of carbonyl (C=O) groups is 1. The van der Waals surface area contributed by atoms with Crippen molar-refractivity contribution in [2.45, 2.75) is 26.8 Å². The van der Waals surface area contributed by atoms with Gasteiger partial charge in [0.25, 0.3) is 0 Å².